The van der Waals surface area contributed by atoms with Gasteiger partial charge in [-0.1, -0.05) is 27.5 Å². The molecule has 0 atom stereocenters. The minimum absolute atomic E-state index is 0.168. The molecule has 3 nitrogen and oxygen atoms in total. The molecular formula is C12H14BrCl2NO2S. The molecule has 0 N–H and O–H groups in total. The van der Waals surface area contributed by atoms with Crippen LogP contribution in [0.3, 0.4) is 0 Å². The SMILES string of the molecule is O=S(=O)(c1ccc(Br)cc1Cl)N1CCC(CCl)CC1. The fraction of sp³-hybridized carbons (Fsp3) is 0.500. The van der Waals surface area contributed by atoms with Crippen LogP contribution in [-0.2, 0) is 10.0 Å². The summed E-state index contributed by atoms with van der Waals surface area (Å²) in [5, 5.41) is 0.244. The second-order valence-electron chi connectivity index (χ2n) is 4.58. The lowest BCUT2D eigenvalue weighted by atomic mass is 10.0. The Morgan fingerprint density at radius 3 is 2.47 bits per heavy atom. The predicted molar refractivity (Wildman–Crippen MR) is 81.4 cm³/mol. The van der Waals surface area contributed by atoms with Crippen LogP contribution in [0.2, 0.25) is 5.02 Å². The highest BCUT2D eigenvalue weighted by atomic mass is 79.9. The third-order valence-electron chi connectivity index (χ3n) is 3.30. The van der Waals surface area contributed by atoms with E-state index in [0.29, 0.717) is 24.9 Å². The van der Waals surface area contributed by atoms with Gasteiger partial charge in [0.1, 0.15) is 4.90 Å². The van der Waals surface area contributed by atoms with Crippen LogP contribution in [0.5, 0.6) is 0 Å². The van der Waals surface area contributed by atoms with E-state index in [-0.39, 0.29) is 9.92 Å². The van der Waals surface area contributed by atoms with E-state index in [4.69, 9.17) is 23.2 Å². The van der Waals surface area contributed by atoms with Gasteiger partial charge < -0.3 is 0 Å². The van der Waals surface area contributed by atoms with Gasteiger partial charge in [-0.25, -0.2) is 8.42 Å². The van der Waals surface area contributed by atoms with Crippen molar-refractivity contribution in [2.45, 2.75) is 17.7 Å². The maximum absolute atomic E-state index is 12.5. The summed E-state index contributed by atoms with van der Waals surface area (Å²) in [6.07, 6.45) is 1.60. The van der Waals surface area contributed by atoms with Gasteiger partial charge >= 0.3 is 0 Å². The molecule has 0 amide bonds. The van der Waals surface area contributed by atoms with E-state index < -0.39 is 10.0 Å². The van der Waals surface area contributed by atoms with Crippen molar-refractivity contribution in [3.05, 3.63) is 27.7 Å². The Hall–Kier alpha value is 0.190. The van der Waals surface area contributed by atoms with Crippen molar-refractivity contribution in [2.24, 2.45) is 5.92 Å². The molecule has 1 aromatic carbocycles. The van der Waals surface area contributed by atoms with Crippen LogP contribution in [0, 0.1) is 5.92 Å². The van der Waals surface area contributed by atoms with Gasteiger partial charge in [0.15, 0.2) is 0 Å². The first kappa shape index (κ1) is 15.6. The van der Waals surface area contributed by atoms with Crippen molar-refractivity contribution < 1.29 is 8.42 Å². The zero-order chi connectivity index (χ0) is 14.0. The van der Waals surface area contributed by atoms with Crippen molar-refractivity contribution in [3.63, 3.8) is 0 Å². The van der Waals surface area contributed by atoms with E-state index in [1.807, 2.05) is 0 Å². The first-order valence-corrected chi connectivity index (χ1v) is 9.11. The monoisotopic (exact) mass is 385 g/mol. The number of piperidine rings is 1. The standard InChI is InChI=1S/C12H14BrCl2NO2S/c13-10-1-2-12(11(15)7-10)19(17,18)16-5-3-9(8-14)4-6-16/h1-2,7,9H,3-6,8H2. The van der Waals surface area contributed by atoms with Crippen LogP contribution in [0.25, 0.3) is 0 Å². The first-order valence-electron chi connectivity index (χ1n) is 5.96. The Morgan fingerprint density at radius 2 is 1.95 bits per heavy atom. The van der Waals surface area contributed by atoms with Crippen molar-refractivity contribution >= 4 is 49.2 Å². The summed E-state index contributed by atoms with van der Waals surface area (Å²) in [4.78, 5) is 0.168. The van der Waals surface area contributed by atoms with E-state index in [0.717, 1.165) is 17.3 Å². The molecule has 19 heavy (non-hydrogen) atoms. The topological polar surface area (TPSA) is 37.4 Å². The largest absolute Gasteiger partial charge is 0.244 e. The van der Waals surface area contributed by atoms with E-state index >= 15 is 0 Å². The van der Waals surface area contributed by atoms with Gasteiger partial charge in [0.2, 0.25) is 10.0 Å². The summed E-state index contributed by atoms with van der Waals surface area (Å²) in [5.74, 6) is 1.00. The van der Waals surface area contributed by atoms with E-state index in [1.54, 1.807) is 12.1 Å². The second-order valence-corrected chi connectivity index (χ2v) is 8.11. The fourth-order valence-corrected chi connectivity index (χ4v) is 4.92. The molecule has 106 valence electrons. The van der Waals surface area contributed by atoms with E-state index in [2.05, 4.69) is 15.9 Å². The van der Waals surface area contributed by atoms with Crippen LogP contribution in [0.15, 0.2) is 27.6 Å². The van der Waals surface area contributed by atoms with Crippen molar-refractivity contribution in [1.29, 1.82) is 0 Å². The number of nitrogens with zero attached hydrogens (tertiary/aromatic N) is 1. The Morgan fingerprint density at radius 1 is 1.32 bits per heavy atom. The zero-order valence-corrected chi connectivity index (χ0v) is 14.1. The molecule has 1 aliphatic rings. The van der Waals surface area contributed by atoms with E-state index in [1.165, 1.54) is 10.4 Å². The molecule has 0 radical (unpaired) electrons. The Balaban J connectivity index is 2.23. The number of sulfonamides is 1. The second kappa shape index (κ2) is 6.31. The van der Waals surface area contributed by atoms with Crippen LogP contribution in [-0.4, -0.2) is 31.7 Å². The summed E-state index contributed by atoms with van der Waals surface area (Å²) >= 11 is 15.1. The number of alkyl halides is 1. The molecule has 1 fully saturated rings. The molecular weight excluding hydrogens is 373 g/mol. The smallest absolute Gasteiger partial charge is 0.207 e. The van der Waals surface area contributed by atoms with Gasteiger partial charge in [0, 0.05) is 23.4 Å². The summed E-state index contributed by atoms with van der Waals surface area (Å²) in [6.45, 7) is 1.01. The average Bonchev–Trinajstić information content (AvgIpc) is 2.38. The van der Waals surface area contributed by atoms with Gasteiger partial charge in [0.05, 0.1) is 5.02 Å². The van der Waals surface area contributed by atoms with Gasteiger partial charge in [-0.2, -0.15) is 4.31 Å². The highest BCUT2D eigenvalue weighted by Gasteiger charge is 2.30. The molecule has 0 unspecified atom stereocenters. The quantitative estimate of drug-likeness (QED) is 0.742. The summed E-state index contributed by atoms with van der Waals surface area (Å²) in [6, 6.07) is 4.82. The molecule has 0 aromatic heterocycles. The minimum atomic E-state index is -3.50. The molecule has 0 bridgehead atoms. The molecule has 7 heteroatoms. The van der Waals surface area contributed by atoms with Crippen LogP contribution in [0.1, 0.15) is 12.8 Å². The normalized spacial score (nSPS) is 18.7. The molecule has 1 aliphatic heterocycles. The van der Waals surface area contributed by atoms with Gasteiger partial charge in [-0.15, -0.1) is 11.6 Å². The molecule has 1 aromatic rings. The summed E-state index contributed by atoms with van der Waals surface area (Å²) in [7, 11) is -3.50. The first-order chi connectivity index (χ1) is 8.95. The van der Waals surface area contributed by atoms with Crippen LogP contribution < -0.4 is 0 Å². The molecule has 0 aliphatic carbocycles. The number of hydrogen-bond donors (Lipinski definition) is 0. The highest BCUT2D eigenvalue weighted by Crippen LogP contribution is 2.30. The number of benzene rings is 1. The lowest BCUT2D eigenvalue weighted by Crippen LogP contribution is -2.38. The summed E-state index contributed by atoms with van der Waals surface area (Å²) < 4.78 is 27.3. The molecule has 2 rings (SSSR count). The Bertz CT molecular complexity index is 557. The van der Waals surface area contributed by atoms with Gasteiger partial charge in [0.25, 0.3) is 0 Å². The number of hydrogen-bond acceptors (Lipinski definition) is 2. The molecule has 0 spiro atoms. The lowest BCUT2D eigenvalue weighted by Gasteiger charge is -2.30. The van der Waals surface area contributed by atoms with Gasteiger partial charge in [-0.3, -0.25) is 0 Å². The predicted octanol–water partition coefficient (Wildman–Crippen LogP) is 3.74. The van der Waals surface area contributed by atoms with Gasteiger partial charge in [-0.05, 0) is 37.0 Å². The minimum Gasteiger partial charge on any atom is -0.207 e. The van der Waals surface area contributed by atoms with Crippen LogP contribution >= 0.6 is 39.1 Å². The van der Waals surface area contributed by atoms with Crippen molar-refractivity contribution in [2.75, 3.05) is 19.0 Å². The average molecular weight is 387 g/mol. The molecule has 1 heterocycles. The third-order valence-corrected chi connectivity index (χ3v) is 6.61. The maximum atomic E-state index is 12.5. The Kier molecular flexibility index (Phi) is 5.17. The summed E-state index contributed by atoms with van der Waals surface area (Å²) in [5.41, 5.74) is 0. The molecule has 0 saturated carbocycles. The number of halogens is 3. The molecule has 1 saturated heterocycles. The zero-order valence-electron chi connectivity index (χ0n) is 10.2. The van der Waals surface area contributed by atoms with E-state index in [9.17, 15) is 8.42 Å². The Labute approximate surface area is 132 Å². The van der Waals surface area contributed by atoms with Crippen LogP contribution in [0.4, 0.5) is 0 Å². The lowest BCUT2D eigenvalue weighted by molar-refractivity contribution is 0.290. The third kappa shape index (κ3) is 3.45. The maximum Gasteiger partial charge on any atom is 0.244 e. The number of rotatable bonds is 3. The highest BCUT2D eigenvalue weighted by molar-refractivity contribution is 9.10. The fourth-order valence-electron chi connectivity index (χ4n) is 2.13. The van der Waals surface area contributed by atoms with Crippen molar-refractivity contribution in [3.8, 4) is 0 Å². The van der Waals surface area contributed by atoms with Crippen molar-refractivity contribution in [1.82, 2.24) is 4.31 Å².